The zero-order chi connectivity index (χ0) is 14.5. The summed E-state index contributed by atoms with van der Waals surface area (Å²) in [4.78, 5) is 16.0. The Kier molecular flexibility index (Phi) is 4.53. The van der Waals surface area contributed by atoms with Gasteiger partial charge in [0.15, 0.2) is 0 Å². The Morgan fingerprint density at radius 3 is 2.60 bits per heavy atom. The van der Waals surface area contributed by atoms with Crippen molar-refractivity contribution in [3.8, 4) is 0 Å². The van der Waals surface area contributed by atoms with E-state index in [4.69, 9.17) is 5.73 Å². The maximum atomic E-state index is 11.8. The Hall–Kier alpha value is -2.14. The van der Waals surface area contributed by atoms with E-state index in [2.05, 4.69) is 26.2 Å². The van der Waals surface area contributed by atoms with Crippen LogP contribution in [0.5, 0.6) is 0 Å². The third-order valence-electron chi connectivity index (χ3n) is 2.67. The molecule has 1 aromatic carbocycles. The standard InChI is InChI=1S/C15H14BrN3O/c1-10-13(7-8-14(16)18-10)19-15(20)9-4-11-2-5-12(17)6-3-11/h2-9H,17H2,1H3,(H,19,20)/b9-4+. The lowest BCUT2D eigenvalue weighted by Gasteiger charge is -2.05. The second-order valence-corrected chi connectivity index (χ2v) is 5.07. The molecule has 2 rings (SSSR count). The molecule has 0 saturated heterocycles. The van der Waals surface area contributed by atoms with E-state index in [1.807, 2.05) is 19.1 Å². The zero-order valence-corrected chi connectivity index (χ0v) is 12.5. The number of carbonyl (C=O) groups is 1. The number of pyridine rings is 1. The molecule has 0 spiro atoms. The van der Waals surface area contributed by atoms with Gasteiger partial charge in [-0.1, -0.05) is 12.1 Å². The van der Waals surface area contributed by atoms with Crippen molar-refractivity contribution in [2.24, 2.45) is 0 Å². The summed E-state index contributed by atoms with van der Waals surface area (Å²) >= 11 is 3.28. The molecule has 1 amide bonds. The molecule has 0 aliphatic carbocycles. The quantitative estimate of drug-likeness (QED) is 0.514. The van der Waals surface area contributed by atoms with Crippen molar-refractivity contribution < 1.29 is 4.79 Å². The Labute approximate surface area is 125 Å². The van der Waals surface area contributed by atoms with Crippen LogP contribution in [0.15, 0.2) is 47.1 Å². The van der Waals surface area contributed by atoms with Gasteiger partial charge in [-0.05, 0) is 58.8 Å². The van der Waals surface area contributed by atoms with E-state index < -0.39 is 0 Å². The second-order valence-electron chi connectivity index (χ2n) is 4.26. The van der Waals surface area contributed by atoms with Crippen LogP contribution in [0.3, 0.4) is 0 Å². The highest BCUT2D eigenvalue weighted by Gasteiger charge is 2.03. The second kappa shape index (κ2) is 6.34. The highest BCUT2D eigenvalue weighted by molar-refractivity contribution is 9.10. The lowest BCUT2D eigenvalue weighted by atomic mass is 10.2. The molecule has 102 valence electrons. The van der Waals surface area contributed by atoms with Crippen molar-refractivity contribution in [3.05, 3.63) is 58.3 Å². The highest BCUT2D eigenvalue weighted by atomic mass is 79.9. The van der Waals surface area contributed by atoms with E-state index in [0.29, 0.717) is 11.4 Å². The lowest BCUT2D eigenvalue weighted by molar-refractivity contribution is -0.111. The smallest absolute Gasteiger partial charge is 0.248 e. The molecule has 0 fully saturated rings. The maximum Gasteiger partial charge on any atom is 0.248 e. The van der Waals surface area contributed by atoms with Crippen LogP contribution in [0.25, 0.3) is 6.08 Å². The first-order valence-electron chi connectivity index (χ1n) is 6.02. The highest BCUT2D eigenvalue weighted by Crippen LogP contribution is 2.16. The number of aromatic nitrogens is 1. The minimum Gasteiger partial charge on any atom is -0.399 e. The van der Waals surface area contributed by atoms with E-state index >= 15 is 0 Å². The average molecular weight is 332 g/mol. The number of nitrogen functional groups attached to an aromatic ring is 1. The average Bonchev–Trinajstić information content (AvgIpc) is 2.41. The molecule has 0 atom stereocenters. The van der Waals surface area contributed by atoms with Gasteiger partial charge in [0.1, 0.15) is 4.60 Å². The summed E-state index contributed by atoms with van der Waals surface area (Å²) in [6.07, 6.45) is 3.21. The number of hydrogen-bond acceptors (Lipinski definition) is 3. The molecular weight excluding hydrogens is 318 g/mol. The molecule has 4 nitrogen and oxygen atoms in total. The molecule has 1 aromatic heterocycles. The molecular formula is C15H14BrN3O. The van der Waals surface area contributed by atoms with Crippen LogP contribution in [0.1, 0.15) is 11.3 Å². The van der Waals surface area contributed by atoms with Crippen LogP contribution in [0.4, 0.5) is 11.4 Å². The molecule has 2 aromatic rings. The van der Waals surface area contributed by atoms with Gasteiger partial charge in [-0.3, -0.25) is 4.79 Å². The Balaban J connectivity index is 2.03. The molecule has 20 heavy (non-hydrogen) atoms. The summed E-state index contributed by atoms with van der Waals surface area (Å²) in [6.45, 7) is 1.84. The third-order valence-corrected chi connectivity index (χ3v) is 3.11. The first-order valence-corrected chi connectivity index (χ1v) is 6.81. The van der Waals surface area contributed by atoms with Crippen molar-refractivity contribution in [1.82, 2.24) is 4.98 Å². The van der Waals surface area contributed by atoms with Gasteiger partial charge in [-0.25, -0.2) is 4.98 Å². The number of nitrogens with two attached hydrogens (primary N) is 1. The first-order chi connectivity index (χ1) is 9.54. The van der Waals surface area contributed by atoms with Crippen molar-refractivity contribution in [2.75, 3.05) is 11.1 Å². The molecule has 5 heteroatoms. The van der Waals surface area contributed by atoms with E-state index in [1.165, 1.54) is 6.08 Å². The molecule has 1 heterocycles. The molecule has 0 radical (unpaired) electrons. The molecule has 0 aliphatic rings. The number of anilines is 2. The number of aryl methyl sites for hydroxylation is 1. The van der Waals surface area contributed by atoms with Crippen LogP contribution in [-0.2, 0) is 4.79 Å². The van der Waals surface area contributed by atoms with E-state index in [0.717, 1.165) is 15.9 Å². The topological polar surface area (TPSA) is 68.0 Å². The van der Waals surface area contributed by atoms with Crippen molar-refractivity contribution in [2.45, 2.75) is 6.92 Å². The van der Waals surface area contributed by atoms with Gasteiger partial charge in [0.05, 0.1) is 11.4 Å². The number of nitrogens with one attached hydrogen (secondary N) is 1. The van der Waals surface area contributed by atoms with E-state index in [1.54, 1.807) is 30.3 Å². The van der Waals surface area contributed by atoms with Gasteiger partial charge >= 0.3 is 0 Å². The molecule has 0 aliphatic heterocycles. The predicted octanol–water partition coefficient (Wildman–Crippen LogP) is 3.39. The van der Waals surface area contributed by atoms with Gasteiger partial charge in [0.2, 0.25) is 5.91 Å². The monoisotopic (exact) mass is 331 g/mol. The van der Waals surface area contributed by atoms with Crippen molar-refractivity contribution in [1.29, 1.82) is 0 Å². The fourth-order valence-corrected chi connectivity index (χ4v) is 2.01. The van der Waals surface area contributed by atoms with Crippen molar-refractivity contribution in [3.63, 3.8) is 0 Å². The van der Waals surface area contributed by atoms with E-state index in [-0.39, 0.29) is 5.91 Å². The van der Waals surface area contributed by atoms with Crippen LogP contribution < -0.4 is 11.1 Å². The van der Waals surface area contributed by atoms with Gasteiger partial charge in [-0.2, -0.15) is 0 Å². The summed E-state index contributed by atoms with van der Waals surface area (Å²) in [5, 5.41) is 2.79. The number of hydrogen-bond donors (Lipinski definition) is 2. The molecule has 0 bridgehead atoms. The van der Waals surface area contributed by atoms with Gasteiger partial charge < -0.3 is 11.1 Å². The Bertz CT molecular complexity index is 651. The maximum absolute atomic E-state index is 11.8. The van der Waals surface area contributed by atoms with Crippen LogP contribution in [0, 0.1) is 6.92 Å². The fourth-order valence-electron chi connectivity index (χ4n) is 1.62. The van der Waals surface area contributed by atoms with Gasteiger partial charge in [-0.15, -0.1) is 0 Å². The van der Waals surface area contributed by atoms with Crippen molar-refractivity contribution >= 4 is 39.3 Å². The summed E-state index contributed by atoms with van der Waals surface area (Å²) < 4.78 is 0.741. The minimum absolute atomic E-state index is 0.200. The normalized spacial score (nSPS) is 10.7. The van der Waals surface area contributed by atoms with Crippen LogP contribution in [-0.4, -0.2) is 10.9 Å². The number of nitrogens with zero attached hydrogens (tertiary/aromatic N) is 1. The molecule has 0 unspecified atom stereocenters. The number of rotatable bonds is 3. The fraction of sp³-hybridized carbons (Fsp3) is 0.0667. The number of halogens is 1. The van der Waals surface area contributed by atoms with Crippen LogP contribution >= 0.6 is 15.9 Å². The largest absolute Gasteiger partial charge is 0.399 e. The van der Waals surface area contributed by atoms with E-state index in [9.17, 15) is 4.79 Å². The predicted molar refractivity (Wildman–Crippen MR) is 85.2 cm³/mol. The number of carbonyl (C=O) groups excluding carboxylic acids is 1. The Morgan fingerprint density at radius 2 is 1.95 bits per heavy atom. The lowest BCUT2D eigenvalue weighted by Crippen LogP contribution is -2.09. The SMILES string of the molecule is Cc1nc(Br)ccc1NC(=O)/C=C/c1ccc(N)cc1. The summed E-state index contributed by atoms with van der Waals surface area (Å²) in [6, 6.07) is 10.9. The molecule has 3 N–H and O–H groups in total. The first kappa shape index (κ1) is 14.3. The zero-order valence-electron chi connectivity index (χ0n) is 10.9. The Morgan fingerprint density at radius 1 is 1.25 bits per heavy atom. The summed E-state index contributed by atoms with van der Waals surface area (Å²) in [7, 11) is 0. The third kappa shape index (κ3) is 3.93. The summed E-state index contributed by atoms with van der Waals surface area (Å²) in [5.41, 5.74) is 8.67. The summed E-state index contributed by atoms with van der Waals surface area (Å²) in [5.74, 6) is -0.200. The molecule has 0 saturated carbocycles. The van der Waals surface area contributed by atoms with Gasteiger partial charge in [0.25, 0.3) is 0 Å². The van der Waals surface area contributed by atoms with Crippen LogP contribution in [0.2, 0.25) is 0 Å². The number of benzene rings is 1. The minimum atomic E-state index is -0.200. The number of amides is 1. The van der Waals surface area contributed by atoms with Gasteiger partial charge in [0, 0.05) is 11.8 Å².